The Hall–Kier alpha value is -4.27. The minimum atomic E-state index is -1.08. The van der Waals surface area contributed by atoms with E-state index in [-0.39, 0.29) is 29.9 Å². The number of carboxylic acid groups (broad SMARTS) is 1. The number of ether oxygens (including phenoxy) is 2. The first-order chi connectivity index (χ1) is 22.5. The predicted octanol–water partition coefficient (Wildman–Crippen LogP) is 6.76. The van der Waals surface area contributed by atoms with E-state index in [0.717, 1.165) is 47.1 Å². The molecule has 2 aromatic heterocycles. The highest BCUT2D eigenvalue weighted by Crippen LogP contribution is 2.57. The van der Waals surface area contributed by atoms with Gasteiger partial charge in [-0.1, -0.05) is 32.1 Å². The van der Waals surface area contributed by atoms with Gasteiger partial charge in [0.25, 0.3) is 0 Å². The van der Waals surface area contributed by atoms with Crippen molar-refractivity contribution in [2.45, 2.75) is 77.7 Å². The molecule has 1 N–H and O–H groups in total. The number of aliphatic carboxylic acids is 1. The van der Waals surface area contributed by atoms with Crippen molar-refractivity contribution in [1.82, 2.24) is 14.9 Å². The number of ketones is 1. The number of carboxylic acids is 1. The highest BCUT2D eigenvalue weighted by Gasteiger charge is 2.61. The fraction of sp³-hybridized carbons (Fsp3) is 0.500. The number of aromatic nitrogens is 2. The van der Waals surface area contributed by atoms with Crippen molar-refractivity contribution >= 4 is 28.6 Å². The molecule has 248 valence electrons. The van der Waals surface area contributed by atoms with Crippen LogP contribution in [-0.2, 0) is 14.4 Å². The van der Waals surface area contributed by atoms with E-state index in [1.807, 2.05) is 55.5 Å². The predicted molar refractivity (Wildman–Crippen MR) is 179 cm³/mol. The molecule has 9 heteroatoms. The molecule has 0 radical (unpaired) electrons. The van der Waals surface area contributed by atoms with E-state index in [1.165, 1.54) is 0 Å². The van der Waals surface area contributed by atoms with Gasteiger partial charge in [0.2, 0.25) is 5.91 Å². The van der Waals surface area contributed by atoms with Crippen molar-refractivity contribution in [2.75, 3.05) is 20.7 Å². The summed E-state index contributed by atoms with van der Waals surface area (Å²) in [5.74, 6) is -0.947. The van der Waals surface area contributed by atoms with Crippen LogP contribution in [0.15, 0.2) is 48.6 Å². The Morgan fingerprint density at radius 3 is 2.57 bits per heavy atom. The van der Waals surface area contributed by atoms with Gasteiger partial charge in [0.1, 0.15) is 23.4 Å². The fourth-order valence-corrected chi connectivity index (χ4v) is 7.46. The third-order valence-corrected chi connectivity index (χ3v) is 10.4. The third-order valence-electron chi connectivity index (χ3n) is 10.4. The molecule has 1 aliphatic heterocycles. The molecule has 2 aliphatic carbocycles. The van der Waals surface area contributed by atoms with Gasteiger partial charge in [-0.3, -0.25) is 19.4 Å². The second kappa shape index (κ2) is 13.1. The lowest BCUT2D eigenvalue weighted by Crippen LogP contribution is -2.38. The molecule has 0 saturated heterocycles. The molecule has 47 heavy (non-hydrogen) atoms. The molecule has 6 rings (SSSR count). The minimum Gasteiger partial charge on any atom is -0.496 e. The number of carbonyl (C=O) groups is 3. The first-order valence-corrected chi connectivity index (χ1v) is 16.8. The van der Waals surface area contributed by atoms with Crippen LogP contribution in [0.2, 0.25) is 0 Å². The number of carbonyl (C=O) groups excluding carboxylic acids is 2. The van der Waals surface area contributed by atoms with Gasteiger partial charge in [-0.25, -0.2) is 4.98 Å². The summed E-state index contributed by atoms with van der Waals surface area (Å²) in [4.78, 5) is 51.9. The number of hydrogen-bond donors (Lipinski definition) is 1. The number of pyridine rings is 2. The molecular weight excluding hydrogens is 594 g/mol. The number of Topliss-reactive ketones (excluding diaryl/α,β-unsaturated/α-hetero) is 1. The number of aryl methyl sites for hydroxylation is 1. The molecule has 3 aliphatic rings. The number of amides is 1. The summed E-state index contributed by atoms with van der Waals surface area (Å²) >= 11 is 0. The molecule has 1 unspecified atom stereocenters. The van der Waals surface area contributed by atoms with Crippen LogP contribution in [0.4, 0.5) is 0 Å². The lowest BCUT2D eigenvalue weighted by atomic mass is 9.84. The standard InChI is InChI=1S/C38H45N3O6/c1-22(2)29-12-10-13-30(39-29)31-19-34(26-14-15-33(46-5)23(3)35(26)40-31)47-25-17-27-28(18-25)36(43)41(4)16-9-7-6-8-11-24-20-38(24,37(44)45)21-32(27)42/h8,10-15,19,22,24-25,27-28H,6-7,9,16-18,20-21H2,1-5H3,(H,44,45)/b11-8-/t24-,25-,27-,28?,38-/m1/s1. The first-order valence-electron chi connectivity index (χ1n) is 16.8. The van der Waals surface area contributed by atoms with E-state index in [1.54, 1.807) is 19.1 Å². The van der Waals surface area contributed by atoms with Crippen LogP contribution in [0, 0.1) is 30.1 Å². The van der Waals surface area contributed by atoms with Crippen molar-refractivity contribution in [3.8, 4) is 22.9 Å². The van der Waals surface area contributed by atoms with Crippen molar-refractivity contribution in [2.24, 2.45) is 23.2 Å². The van der Waals surface area contributed by atoms with Gasteiger partial charge < -0.3 is 19.5 Å². The molecule has 2 fully saturated rings. The van der Waals surface area contributed by atoms with Crippen LogP contribution in [0.1, 0.15) is 76.0 Å². The molecule has 3 heterocycles. The van der Waals surface area contributed by atoms with Crippen LogP contribution in [0.3, 0.4) is 0 Å². The summed E-state index contributed by atoms with van der Waals surface area (Å²) in [7, 11) is 3.43. The zero-order valence-electron chi connectivity index (χ0n) is 28.0. The van der Waals surface area contributed by atoms with Crippen LogP contribution in [0.5, 0.6) is 11.5 Å². The first kappa shape index (κ1) is 32.7. The summed E-state index contributed by atoms with van der Waals surface area (Å²) < 4.78 is 12.4. The second-order valence-corrected chi connectivity index (χ2v) is 13.9. The molecular formula is C38H45N3O6. The van der Waals surface area contributed by atoms with E-state index in [0.29, 0.717) is 43.0 Å². The fourth-order valence-electron chi connectivity index (χ4n) is 7.46. The van der Waals surface area contributed by atoms with E-state index >= 15 is 0 Å². The largest absolute Gasteiger partial charge is 0.496 e. The van der Waals surface area contributed by atoms with Crippen molar-refractivity contribution in [3.63, 3.8) is 0 Å². The van der Waals surface area contributed by atoms with Gasteiger partial charge in [0.15, 0.2) is 0 Å². The second-order valence-electron chi connectivity index (χ2n) is 13.9. The molecule has 0 spiro atoms. The number of methoxy groups -OCH3 is 1. The summed E-state index contributed by atoms with van der Waals surface area (Å²) in [5.41, 5.74) is 2.86. The lowest BCUT2D eigenvalue weighted by molar-refractivity contribution is -0.147. The zero-order chi connectivity index (χ0) is 33.5. The van der Waals surface area contributed by atoms with E-state index < -0.39 is 29.3 Å². The summed E-state index contributed by atoms with van der Waals surface area (Å²) in [6.07, 6.45) is 7.28. The summed E-state index contributed by atoms with van der Waals surface area (Å²) in [6.45, 7) is 6.77. The van der Waals surface area contributed by atoms with Crippen LogP contribution in [0.25, 0.3) is 22.3 Å². The maximum atomic E-state index is 14.0. The Morgan fingerprint density at radius 1 is 1.04 bits per heavy atom. The van der Waals surface area contributed by atoms with Gasteiger partial charge >= 0.3 is 5.97 Å². The van der Waals surface area contributed by atoms with Crippen molar-refractivity contribution in [3.05, 3.63) is 59.8 Å². The van der Waals surface area contributed by atoms with Gasteiger partial charge in [-0.2, -0.15) is 0 Å². The average molecular weight is 640 g/mol. The number of fused-ring (bicyclic) bond motifs is 3. The maximum Gasteiger partial charge on any atom is 0.310 e. The smallest absolute Gasteiger partial charge is 0.310 e. The molecule has 1 aromatic carbocycles. The molecule has 0 bridgehead atoms. The van der Waals surface area contributed by atoms with Gasteiger partial charge in [-0.15, -0.1) is 0 Å². The summed E-state index contributed by atoms with van der Waals surface area (Å²) in [5, 5.41) is 11.0. The quantitative estimate of drug-likeness (QED) is 0.294. The number of allylic oxidation sites excluding steroid dienone is 2. The van der Waals surface area contributed by atoms with Gasteiger partial charge in [0.05, 0.1) is 35.3 Å². The zero-order valence-corrected chi connectivity index (χ0v) is 28.0. The molecule has 1 amide bonds. The third kappa shape index (κ3) is 6.36. The highest BCUT2D eigenvalue weighted by atomic mass is 16.5. The number of benzene rings is 1. The Labute approximate surface area is 276 Å². The van der Waals surface area contributed by atoms with Crippen LogP contribution < -0.4 is 9.47 Å². The monoisotopic (exact) mass is 639 g/mol. The molecule has 5 atom stereocenters. The number of hydrogen-bond acceptors (Lipinski definition) is 7. The molecule has 9 nitrogen and oxygen atoms in total. The SMILES string of the molecule is COc1ccc2c(O[C@H]3CC4C(=O)N(C)CCCC/C=C\[C@@H]5C[C@@]5(C(=O)O)CC(=O)[C@@H]4C3)cc(-c3cccc(C(C)C)n3)nc2c1C. The Bertz CT molecular complexity index is 1730. The summed E-state index contributed by atoms with van der Waals surface area (Å²) in [6, 6.07) is 11.6. The Morgan fingerprint density at radius 2 is 1.83 bits per heavy atom. The molecule has 3 aromatic rings. The van der Waals surface area contributed by atoms with Crippen molar-refractivity contribution < 1.29 is 29.0 Å². The van der Waals surface area contributed by atoms with Crippen molar-refractivity contribution in [1.29, 1.82) is 0 Å². The normalized spacial score (nSPS) is 27.2. The number of rotatable bonds is 6. The number of nitrogens with zero attached hydrogens (tertiary/aromatic N) is 3. The Kier molecular flexibility index (Phi) is 9.09. The van der Waals surface area contributed by atoms with E-state index in [2.05, 4.69) is 13.8 Å². The highest BCUT2D eigenvalue weighted by molar-refractivity contribution is 5.94. The Balaban J connectivity index is 1.36. The van der Waals surface area contributed by atoms with Gasteiger partial charge in [-0.05, 0) is 81.5 Å². The van der Waals surface area contributed by atoms with Crippen LogP contribution in [-0.4, -0.2) is 64.4 Å². The average Bonchev–Trinajstić information content (AvgIpc) is 3.59. The van der Waals surface area contributed by atoms with E-state index in [4.69, 9.17) is 19.4 Å². The lowest BCUT2D eigenvalue weighted by Gasteiger charge is -2.25. The maximum absolute atomic E-state index is 14.0. The van der Waals surface area contributed by atoms with Crippen LogP contribution >= 0.6 is 0 Å². The minimum absolute atomic E-state index is 0.0680. The van der Waals surface area contributed by atoms with E-state index in [9.17, 15) is 19.5 Å². The topological polar surface area (TPSA) is 119 Å². The van der Waals surface area contributed by atoms with Gasteiger partial charge in [0, 0.05) is 48.6 Å². The molecule has 2 saturated carbocycles.